The topological polar surface area (TPSA) is 6.48 Å². The van der Waals surface area contributed by atoms with Crippen LogP contribution in [-0.2, 0) is 0 Å². The van der Waals surface area contributed by atoms with Crippen LogP contribution in [0.15, 0.2) is 30.3 Å². The van der Waals surface area contributed by atoms with Crippen LogP contribution < -0.4 is 4.90 Å². The Morgan fingerprint density at radius 3 is 2.11 bits per heavy atom. The molecule has 3 heteroatoms. The largest absolute Gasteiger partial charge is 0.369 e. The Morgan fingerprint density at radius 1 is 1.00 bits per heavy atom. The van der Waals surface area contributed by atoms with Gasteiger partial charge in [-0.1, -0.05) is 55.4 Å². The van der Waals surface area contributed by atoms with E-state index in [0.29, 0.717) is 0 Å². The molecule has 0 atom stereocenters. The van der Waals surface area contributed by atoms with Crippen LogP contribution >= 0.6 is 15.9 Å². The number of halogens is 1. The van der Waals surface area contributed by atoms with Gasteiger partial charge < -0.3 is 4.90 Å². The lowest BCUT2D eigenvalue weighted by Gasteiger charge is -2.36. The second-order valence-corrected chi connectivity index (χ2v) is 5.00. The molecular weight excluding hydrogens is 300 g/mol. The summed E-state index contributed by atoms with van der Waals surface area (Å²) in [6.45, 7) is 9.94. The lowest BCUT2D eigenvalue weighted by molar-refractivity contribution is 0.259. The smallest absolute Gasteiger partial charge is 0.0367 e. The molecule has 1 aromatic rings. The molecule has 0 amide bonds. The van der Waals surface area contributed by atoms with Gasteiger partial charge in [-0.25, -0.2) is 0 Å². The maximum absolute atomic E-state index is 3.49. The fraction of sp³-hybridized carbons (Fsp3) is 0.625. The third-order valence-corrected chi connectivity index (χ3v) is 3.66. The minimum atomic E-state index is 0. The molecule has 0 N–H and O–H groups in total. The van der Waals surface area contributed by atoms with Crippen LogP contribution in [0.5, 0.6) is 0 Å². The predicted molar refractivity (Wildman–Crippen MR) is 91.6 cm³/mol. The first kappa shape index (κ1) is 18.5. The number of hydrogen-bond acceptors (Lipinski definition) is 2. The molecule has 19 heavy (non-hydrogen) atoms. The van der Waals surface area contributed by atoms with E-state index in [4.69, 9.17) is 0 Å². The van der Waals surface area contributed by atoms with Crippen molar-refractivity contribution in [1.82, 2.24) is 4.90 Å². The summed E-state index contributed by atoms with van der Waals surface area (Å²) >= 11 is 3.49. The zero-order valence-corrected chi connectivity index (χ0v) is 13.2. The number of benzene rings is 1. The number of hydrogen-bond donors (Lipinski definition) is 0. The van der Waals surface area contributed by atoms with Gasteiger partial charge in [0.2, 0.25) is 0 Å². The zero-order valence-electron chi connectivity index (χ0n) is 11.6. The van der Waals surface area contributed by atoms with Gasteiger partial charge in [-0.15, -0.1) is 0 Å². The Kier molecular flexibility index (Phi) is 11.0. The van der Waals surface area contributed by atoms with Gasteiger partial charge in [0.05, 0.1) is 0 Å². The number of alkyl halides is 1. The van der Waals surface area contributed by atoms with Crippen LogP contribution in [0, 0.1) is 0 Å². The van der Waals surface area contributed by atoms with Gasteiger partial charge in [0.15, 0.2) is 0 Å². The van der Waals surface area contributed by atoms with Crippen molar-refractivity contribution in [3.63, 3.8) is 0 Å². The van der Waals surface area contributed by atoms with Crippen molar-refractivity contribution in [1.29, 1.82) is 0 Å². The third kappa shape index (κ3) is 6.44. The monoisotopic (exact) mass is 328 g/mol. The second kappa shape index (κ2) is 11.3. The van der Waals surface area contributed by atoms with Crippen molar-refractivity contribution in [2.24, 2.45) is 0 Å². The van der Waals surface area contributed by atoms with E-state index < -0.39 is 0 Å². The highest BCUT2D eigenvalue weighted by molar-refractivity contribution is 9.09. The highest BCUT2D eigenvalue weighted by Gasteiger charge is 2.15. The average molecular weight is 329 g/mol. The van der Waals surface area contributed by atoms with E-state index in [1.807, 2.05) is 13.8 Å². The van der Waals surface area contributed by atoms with Gasteiger partial charge in [-0.05, 0) is 25.1 Å². The maximum atomic E-state index is 3.49. The van der Waals surface area contributed by atoms with E-state index in [0.717, 1.165) is 18.4 Å². The molecule has 0 aliphatic carbocycles. The van der Waals surface area contributed by atoms with Crippen molar-refractivity contribution in [3.05, 3.63) is 30.3 Å². The molecule has 0 spiro atoms. The van der Waals surface area contributed by atoms with E-state index in [-0.39, 0.29) is 7.43 Å². The van der Waals surface area contributed by atoms with Gasteiger partial charge in [0.25, 0.3) is 0 Å². The Hall–Kier alpha value is -0.540. The molecule has 0 saturated carbocycles. The van der Waals surface area contributed by atoms with Gasteiger partial charge in [0, 0.05) is 37.2 Å². The first-order valence-electron chi connectivity index (χ1n) is 6.98. The van der Waals surface area contributed by atoms with Gasteiger partial charge in [0.1, 0.15) is 0 Å². The van der Waals surface area contributed by atoms with Crippen molar-refractivity contribution in [2.45, 2.75) is 27.7 Å². The number of rotatable bonds is 4. The molecule has 1 aromatic carbocycles. The Labute approximate surface area is 127 Å². The highest BCUT2D eigenvalue weighted by Crippen LogP contribution is 2.15. The summed E-state index contributed by atoms with van der Waals surface area (Å²) < 4.78 is 0. The molecule has 2 nitrogen and oxygen atoms in total. The summed E-state index contributed by atoms with van der Waals surface area (Å²) in [7, 11) is 0. The maximum Gasteiger partial charge on any atom is 0.0367 e. The standard InChI is InChI=1S/C13H19BrN2.C2H6.CH4/c14-7-4-8-15-9-11-16(12-10-15)13-5-2-1-3-6-13;1-2;/h1-3,5-6H,4,7-12H2;1-2H3;1H4. The van der Waals surface area contributed by atoms with Crippen LogP contribution in [0.3, 0.4) is 0 Å². The van der Waals surface area contributed by atoms with Crippen LogP contribution in [0.1, 0.15) is 27.7 Å². The van der Waals surface area contributed by atoms with Gasteiger partial charge >= 0.3 is 0 Å². The molecule has 1 saturated heterocycles. The van der Waals surface area contributed by atoms with E-state index in [1.165, 1.54) is 31.7 Å². The molecule has 110 valence electrons. The molecule has 1 aliphatic rings. The fourth-order valence-electron chi connectivity index (χ4n) is 2.15. The summed E-state index contributed by atoms with van der Waals surface area (Å²) in [4.78, 5) is 5.03. The lowest BCUT2D eigenvalue weighted by atomic mass is 10.2. The average Bonchev–Trinajstić information content (AvgIpc) is 2.49. The molecular formula is C16H29BrN2. The fourth-order valence-corrected chi connectivity index (χ4v) is 2.40. The first-order valence-corrected chi connectivity index (χ1v) is 8.10. The molecule has 0 unspecified atom stereocenters. The highest BCUT2D eigenvalue weighted by atomic mass is 79.9. The van der Waals surface area contributed by atoms with E-state index in [1.54, 1.807) is 0 Å². The summed E-state index contributed by atoms with van der Waals surface area (Å²) in [6.07, 6.45) is 1.26. The zero-order chi connectivity index (χ0) is 13.2. The van der Waals surface area contributed by atoms with Crippen molar-refractivity contribution >= 4 is 21.6 Å². The van der Waals surface area contributed by atoms with Crippen LogP contribution in [0.25, 0.3) is 0 Å². The Balaban J connectivity index is 0.00000103. The van der Waals surface area contributed by atoms with Crippen LogP contribution in [0.2, 0.25) is 0 Å². The molecule has 1 aliphatic heterocycles. The van der Waals surface area contributed by atoms with Crippen molar-refractivity contribution in [2.75, 3.05) is 43.0 Å². The minimum absolute atomic E-state index is 0. The molecule has 0 radical (unpaired) electrons. The van der Waals surface area contributed by atoms with Crippen LogP contribution in [-0.4, -0.2) is 43.0 Å². The summed E-state index contributed by atoms with van der Waals surface area (Å²) in [5.74, 6) is 0. The third-order valence-electron chi connectivity index (χ3n) is 3.10. The predicted octanol–water partition coefficient (Wildman–Crippen LogP) is 4.26. The molecule has 1 fully saturated rings. The van der Waals surface area contributed by atoms with Crippen molar-refractivity contribution < 1.29 is 0 Å². The van der Waals surface area contributed by atoms with Gasteiger partial charge in [-0.3, -0.25) is 4.90 Å². The summed E-state index contributed by atoms with van der Waals surface area (Å²) in [5, 5.41) is 1.12. The Morgan fingerprint density at radius 2 is 1.58 bits per heavy atom. The Bertz CT molecular complexity index is 295. The van der Waals surface area contributed by atoms with E-state index in [9.17, 15) is 0 Å². The number of para-hydroxylation sites is 1. The van der Waals surface area contributed by atoms with E-state index in [2.05, 4.69) is 56.1 Å². The van der Waals surface area contributed by atoms with E-state index >= 15 is 0 Å². The van der Waals surface area contributed by atoms with Crippen LogP contribution in [0.4, 0.5) is 5.69 Å². The summed E-state index contributed by atoms with van der Waals surface area (Å²) in [5.41, 5.74) is 1.36. The second-order valence-electron chi connectivity index (χ2n) is 4.21. The molecule has 0 bridgehead atoms. The quantitative estimate of drug-likeness (QED) is 0.762. The molecule has 2 rings (SSSR count). The number of piperazine rings is 1. The molecule has 1 heterocycles. The number of nitrogens with zero attached hydrogens (tertiary/aromatic N) is 2. The number of anilines is 1. The lowest BCUT2D eigenvalue weighted by Crippen LogP contribution is -2.46. The molecule has 0 aromatic heterocycles. The first-order chi connectivity index (χ1) is 8.90. The SMILES string of the molecule is BrCCCN1CCN(c2ccccc2)CC1.C.CC. The van der Waals surface area contributed by atoms with Gasteiger partial charge in [-0.2, -0.15) is 0 Å². The normalized spacial score (nSPS) is 15.2. The van der Waals surface area contributed by atoms with Crippen molar-refractivity contribution in [3.8, 4) is 0 Å². The minimum Gasteiger partial charge on any atom is -0.369 e. The summed E-state index contributed by atoms with van der Waals surface area (Å²) in [6, 6.07) is 10.7.